The van der Waals surface area contributed by atoms with Gasteiger partial charge in [-0.05, 0) is 30.9 Å². The van der Waals surface area contributed by atoms with E-state index in [1.165, 1.54) is 11.1 Å². The van der Waals surface area contributed by atoms with Crippen molar-refractivity contribution in [3.63, 3.8) is 0 Å². The van der Waals surface area contributed by atoms with Crippen LogP contribution in [0.4, 0.5) is 0 Å². The summed E-state index contributed by atoms with van der Waals surface area (Å²) in [5.74, 6) is 0.908. The van der Waals surface area contributed by atoms with Gasteiger partial charge in [-0.15, -0.1) is 0 Å². The molecule has 0 aromatic rings. The molecule has 2 atom stereocenters. The van der Waals surface area contributed by atoms with E-state index < -0.39 is 0 Å². The molecular weight excluding hydrogens is 198 g/mol. The van der Waals surface area contributed by atoms with Gasteiger partial charge in [0.05, 0.1) is 0 Å². The minimum absolute atomic E-state index is 0.208. The fraction of sp³-hybridized carbons (Fsp3) is 0.500. The van der Waals surface area contributed by atoms with Gasteiger partial charge in [0.1, 0.15) is 0 Å². The molecule has 0 aromatic carbocycles. The van der Waals surface area contributed by atoms with Gasteiger partial charge in [-0.2, -0.15) is 0 Å². The first kappa shape index (κ1) is 11.2. The minimum atomic E-state index is 0.208. The number of carbonyl (C=O) groups excluding carboxylic acids is 1. The second kappa shape index (κ2) is 4.28. The first-order valence-corrected chi connectivity index (χ1v) is 5.92. The molecule has 0 spiro atoms. The summed E-state index contributed by atoms with van der Waals surface area (Å²) in [4.78, 5) is 13.8. The first-order valence-electron chi connectivity index (χ1n) is 5.92. The highest BCUT2D eigenvalue weighted by Gasteiger charge is 2.42. The summed E-state index contributed by atoms with van der Waals surface area (Å²) in [6.07, 6.45) is 8.14. The summed E-state index contributed by atoms with van der Waals surface area (Å²) in [6.45, 7) is 6.77. The normalized spacial score (nSPS) is 30.1. The lowest BCUT2D eigenvalue weighted by atomic mass is 9.76. The Morgan fingerprint density at radius 1 is 1.44 bits per heavy atom. The van der Waals surface area contributed by atoms with Gasteiger partial charge in [0.2, 0.25) is 5.91 Å². The molecule has 1 saturated heterocycles. The second-order valence-electron chi connectivity index (χ2n) is 4.66. The molecule has 0 aromatic heterocycles. The molecular formula is C14H19NO. The zero-order chi connectivity index (χ0) is 11.7. The molecule has 1 fully saturated rings. The Labute approximate surface area is 97.3 Å². The van der Waals surface area contributed by atoms with E-state index in [0.29, 0.717) is 11.8 Å². The highest BCUT2D eigenvalue weighted by molar-refractivity contribution is 5.82. The van der Waals surface area contributed by atoms with Crippen LogP contribution >= 0.6 is 0 Å². The molecule has 2 aliphatic rings. The van der Waals surface area contributed by atoms with Crippen LogP contribution in [-0.4, -0.2) is 24.4 Å². The predicted octanol–water partition coefficient (Wildman–Crippen LogP) is 2.54. The van der Waals surface area contributed by atoms with Crippen LogP contribution in [0.3, 0.4) is 0 Å². The molecule has 2 rings (SSSR count). The number of carbonyl (C=O) groups is 1. The van der Waals surface area contributed by atoms with Gasteiger partial charge in [0, 0.05) is 25.4 Å². The lowest BCUT2D eigenvalue weighted by Crippen LogP contribution is -2.24. The van der Waals surface area contributed by atoms with Crippen molar-refractivity contribution in [3.8, 4) is 0 Å². The van der Waals surface area contributed by atoms with Gasteiger partial charge >= 0.3 is 0 Å². The van der Waals surface area contributed by atoms with Crippen LogP contribution in [0.2, 0.25) is 0 Å². The van der Waals surface area contributed by atoms with Crippen LogP contribution in [0, 0.1) is 11.8 Å². The second-order valence-corrected chi connectivity index (χ2v) is 4.66. The third-order valence-electron chi connectivity index (χ3n) is 3.74. The van der Waals surface area contributed by atoms with Crippen LogP contribution in [0.15, 0.2) is 36.0 Å². The van der Waals surface area contributed by atoms with Gasteiger partial charge in [0.15, 0.2) is 0 Å². The number of fused-ring (bicyclic) bond motifs is 1. The van der Waals surface area contributed by atoms with Crippen molar-refractivity contribution in [1.29, 1.82) is 0 Å². The van der Waals surface area contributed by atoms with Gasteiger partial charge < -0.3 is 4.90 Å². The Morgan fingerprint density at radius 2 is 2.19 bits per heavy atom. The number of rotatable bonds is 2. The quantitative estimate of drug-likeness (QED) is 0.696. The Balaban J connectivity index is 2.38. The maximum atomic E-state index is 11.9. The molecule has 0 N–H and O–H groups in total. The largest absolute Gasteiger partial charge is 0.345 e. The third-order valence-corrected chi connectivity index (χ3v) is 3.74. The highest BCUT2D eigenvalue weighted by atomic mass is 16.2. The van der Waals surface area contributed by atoms with Crippen molar-refractivity contribution in [2.24, 2.45) is 11.8 Å². The fourth-order valence-electron chi connectivity index (χ4n) is 2.93. The van der Waals surface area contributed by atoms with Crippen LogP contribution in [0.1, 0.15) is 19.8 Å². The molecule has 0 radical (unpaired) electrons. The predicted molar refractivity (Wildman–Crippen MR) is 65.9 cm³/mol. The average molecular weight is 217 g/mol. The summed E-state index contributed by atoms with van der Waals surface area (Å²) >= 11 is 0. The summed E-state index contributed by atoms with van der Waals surface area (Å²) < 4.78 is 0. The summed E-state index contributed by atoms with van der Waals surface area (Å²) in [7, 11) is 1.90. The maximum Gasteiger partial charge on any atom is 0.226 e. The van der Waals surface area contributed by atoms with E-state index in [-0.39, 0.29) is 5.92 Å². The molecule has 1 aliphatic carbocycles. The SMILES string of the molecule is C=CC1=C(/C=C\C)C2CN(C)C(=O)C2CC1. The number of amides is 1. The number of nitrogens with zero attached hydrogens (tertiary/aromatic N) is 1. The van der Waals surface area contributed by atoms with E-state index in [1.807, 2.05) is 24.9 Å². The van der Waals surface area contributed by atoms with Crippen molar-refractivity contribution in [1.82, 2.24) is 4.90 Å². The van der Waals surface area contributed by atoms with Crippen molar-refractivity contribution in [2.45, 2.75) is 19.8 Å². The Bertz CT molecular complexity index is 378. The molecule has 1 aliphatic heterocycles. The topological polar surface area (TPSA) is 20.3 Å². The number of allylic oxidation sites excluding steroid dienone is 4. The fourth-order valence-corrected chi connectivity index (χ4v) is 2.93. The minimum Gasteiger partial charge on any atom is -0.345 e. The molecule has 86 valence electrons. The Kier molecular flexibility index (Phi) is 2.99. The average Bonchev–Trinajstić information content (AvgIpc) is 2.57. The van der Waals surface area contributed by atoms with Gasteiger partial charge in [-0.25, -0.2) is 0 Å². The third kappa shape index (κ3) is 1.62. The highest BCUT2D eigenvalue weighted by Crippen LogP contribution is 2.41. The smallest absolute Gasteiger partial charge is 0.226 e. The summed E-state index contributed by atoms with van der Waals surface area (Å²) in [6, 6.07) is 0. The zero-order valence-electron chi connectivity index (χ0n) is 10.1. The standard InChI is InChI=1S/C14H19NO/c1-4-6-11-10(5-2)7-8-12-13(11)9-15(3)14(12)16/h4-6,12-13H,2,7-9H2,1,3H3/b6-4-. The molecule has 2 nitrogen and oxygen atoms in total. The van der Waals surface area contributed by atoms with E-state index >= 15 is 0 Å². The van der Waals surface area contributed by atoms with E-state index in [4.69, 9.17) is 0 Å². The Hall–Kier alpha value is -1.31. The van der Waals surface area contributed by atoms with Crippen LogP contribution in [-0.2, 0) is 4.79 Å². The lowest BCUT2D eigenvalue weighted by molar-refractivity contribution is -0.130. The molecule has 1 heterocycles. The molecule has 16 heavy (non-hydrogen) atoms. The van der Waals surface area contributed by atoms with Crippen LogP contribution < -0.4 is 0 Å². The number of hydrogen-bond donors (Lipinski definition) is 0. The molecule has 1 amide bonds. The molecule has 0 bridgehead atoms. The van der Waals surface area contributed by atoms with Gasteiger partial charge in [0.25, 0.3) is 0 Å². The first-order chi connectivity index (χ1) is 7.69. The maximum absolute atomic E-state index is 11.9. The summed E-state index contributed by atoms with van der Waals surface area (Å²) in [5, 5.41) is 0. The van der Waals surface area contributed by atoms with Crippen LogP contribution in [0.5, 0.6) is 0 Å². The zero-order valence-corrected chi connectivity index (χ0v) is 10.1. The van der Waals surface area contributed by atoms with Crippen molar-refractivity contribution >= 4 is 5.91 Å². The number of likely N-dealkylation sites (tertiary alicyclic amines) is 1. The van der Waals surface area contributed by atoms with E-state index in [1.54, 1.807) is 0 Å². The molecule has 2 unspecified atom stereocenters. The molecule has 0 saturated carbocycles. The van der Waals surface area contributed by atoms with Crippen LogP contribution in [0.25, 0.3) is 0 Å². The lowest BCUT2D eigenvalue weighted by Gasteiger charge is -2.26. The monoisotopic (exact) mass is 217 g/mol. The van der Waals surface area contributed by atoms with E-state index in [2.05, 4.69) is 18.7 Å². The summed E-state index contributed by atoms with van der Waals surface area (Å²) in [5.41, 5.74) is 2.65. The van der Waals surface area contributed by atoms with Crippen molar-refractivity contribution in [3.05, 3.63) is 36.0 Å². The Morgan fingerprint density at radius 3 is 2.81 bits per heavy atom. The van der Waals surface area contributed by atoms with E-state index in [9.17, 15) is 4.79 Å². The van der Waals surface area contributed by atoms with Gasteiger partial charge in [-0.1, -0.05) is 24.8 Å². The number of hydrogen-bond acceptors (Lipinski definition) is 1. The van der Waals surface area contributed by atoms with E-state index in [0.717, 1.165) is 19.4 Å². The van der Waals surface area contributed by atoms with Crippen molar-refractivity contribution < 1.29 is 4.79 Å². The van der Waals surface area contributed by atoms with Gasteiger partial charge in [-0.3, -0.25) is 4.79 Å². The van der Waals surface area contributed by atoms with Crippen molar-refractivity contribution in [2.75, 3.05) is 13.6 Å². The molecule has 2 heteroatoms.